The van der Waals surface area contributed by atoms with Crippen LogP contribution in [0.1, 0.15) is 46.1 Å². The van der Waals surface area contributed by atoms with E-state index in [0.717, 1.165) is 18.4 Å². The molecule has 0 bridgehead atoms. The van der Waals surface area contributed by atoms with Gasteiger partial charge in [0, 0.05) is 25.7 Å². The molecule has 0 aromatic heterocycles. The highest BCUT2D eigenvalue weighted by Gasteiger charge is 2.29. The van der Waals surface area contributed by atoms with Crippen LogP contribution in [0.5, 0.6) is 0 Å². The van der Waals surface area contributed by atoms with Crippen molar-refractivity contribution in [3.8, 4) is 6.19 Å². The molecule has 9 heteroatoms. The number of nitrogens with one attached hydrogen (secondary N) is 1. The van der Waals surface area contributed by atoms with E-state index in [1.807, 2.05) is 62.2 Å². The number of likely N-dealkylation sites (tertiary alicyclic amines) is 1. The van der Waals surface area contributed by atoms with Crippen molar-refractivity contribution in [3.63, 3.8) is 0 Å². The number of esters is 1. The third-order valence-corrected chi connectivity index (χ3v) is 4.70. The third-order valence-electron chi connectivity index (χ3n) is 4.70. The zero-order valence-corrected chi connectivity index (χ0v) is 19.3. The van der Waals surface area contributed by atoms with Gasteiger partial charge in [-0.05, 0) is 46.1 Å². The van der Waals surface area contributed by atoms with Crippen LogP contribution >= 0.6 is 0 Å². The lowest BCUT2D eigenvalue weighted by molar-refractivity contribution is -0.143. The Bertz CT molecular complexity index is 829. The first-order chi connectivity index (χ1) is 15.2. The second-order valence-corrected chi connectivity index (χ2v) is 8.59. The Morgan fingerprint density at radius 1 is 1.31 bits per heavy atom. The van der Waals surface area contributed by atoms with E-state index >= 15 is 0 Å². The van der Waals surface area contributed by atoms with Crippen molar-refractivity contribution in [2.45, 2.75) is 58.7 Å². The van der Waals surface area contributed by atoms with Crippen LogP contribution in [0.2, 0.25) is 0 Å². The van der Waals surface area contributed by atoms with Gasteiger partial charge < -0.3 is 24.6 Å². The highest BCUT2D eigenvalue weighted by molar-refractivity contribution is 5.85. The maximum atomic E-state index is 12.3. The maximum absolute atomic E-state index is 12.3. The maximum Gasteiger partial charge on any atom is 0.407 e. The summed E-state index contributed by atoms with van der Waals surface area (Å²) in [5.41, 5.74) is 0.390. The second kappa shape index (κ2) is 11.9. The van der Waals surface area contributed by atoms with Crippen LogP contribution < -0.4 is 5.32 Å². The fraction of sp³-hybridized carbons (Fsp3) is 0.565. The average Bonchev–Trinajstić information content (AvgIpc) is 2.71. The van der Waals surface area contributed by atoms with Crippen molar-refractivity contribution in [3.05, 3.63) is 35.9 Å². The molecule has 0 radical (unpaired) electrons. The number of carbonyl (C=O) groups is 2. The molecule has 174 valence electrons. The predicted molar refractivity (Wildman–Crippen MR) is 120 cm³/mol. The number of alkyl carbamates (subject to hydrolysis) is 1. The van der Waals surface area contributed by atoms with Gasteiger partial charge >= 0.3 is 12.1 Å². The zero-order chi connectivity index (χ0) is 23.6. The SMILES string of the molecule is CCOC(=O)CN(Cc1ccccc1)C(=NC#N)N1CCCC(NC(=O)OC(C)(C)C)C1. The molecule has 1 amide bonds. The van der Waals surface area contributed by atoms with E-state index in [1.165, 1.54) is 0 Å². The summed E-state index contributed by atoms with van der Waals surface area (Å²) in [6, 6.07) is 9.49. The number of carbonyl (C=O) groups excluding carboxylic acids is 2. The molecule has 1 unspecified atom stereocenters. The van der Waals surface area contributed by atoms with E-state index in [4.69, 9.17) is 9.47 Å². The van der Waals surface area contributed by atoms with Crippen molar-refractivity contribution >= 4 is 18.0 Å². The van der Waals surface area contributed by atoms with Gasteiger partial charge in [-0.2, -0.15) is 5.26 Å². The van der Waals surface area contributed by atoms with Crippen LogP contribution in [0.25, 0.3) is 0 Å². The summed E-state index contributed by atoms with van der Waals surface area (Å²) in [4.78, 5) is 32.2. The van der Waals surface area contributed by atoms with Crippen LogP contribution in [0, 0.1) is 11.5 Å². The van der Waals surface area contributed by atoms with Crippen molar-refractivity contribution in [2.75, 3.05) is 26.2 Å². The number of rotatable bonds is 6. The number of benzene rings is 1. The Balaban J connectivity index is 2.18. The fourth-order valence-electron chi connectivity index (χ4n) is 3.50. The van der Waals surface area contributed by atoms with Gasteiger partial charge in [-0.15, -0.1) is 4.99 Å². The van der Waals surface area contributed by atoms with E-state index in [-0.39, 0.29) is 19.2 Å². The van der Waals surface area contributed by atoms with Crippen LogP contribution in [0.15, 0.2) is 35.3 Å². The van der Waals surface area contributed by atoms with Gasteiger partial charge in [-0.3, -0.25) is 4.79 Å². The lowest BCUT2D eigenvalue weighted by atomic mass is 10.1. The molecule has 9 nitrogen and oxygen atoms in total. The highest BCUT2D eigenvalue weighted by Crippen LogP contribution is 2.16. The van der Waals surface area contributed by atoms with Gasteiger partial charge in [0.25, 0.3) is 0 Å². The lowest BCUT2D eigenvalue weighted by Gasteiger charge is -2.38. The molecule has 0 spiro atoms. The summed E-state index contributed by atoms with van der Waals surface area (Å²) in [5, 5.41) is 12.3. The quantitative estimate of drug-likeness (QED) is 0.312. The molecule has 0 saturated carbocycles. The third kappa shape index (κ3) is 8.46. The second-order valence-electron chi connectivity index (χ2n) is 8.59. The Kier molecular flexibility index (Phi) is 9.32. The Hall–Kier alpha value is -3.28. The smallest absolute Gasteiger partial charge is 0.407 e. The van der Waals surface area contributed by atoms with Crippen molar-refractivity contribution in [2.24, 2.45) is 4.99 Å². The molecular formula is C23H33N5O4. The van der Waals surface area contributed by atoms with E-state index in [1.54, 1.807) is 11.8 Å². The Morgan fingerprint density at radius 2 is 2.03 bits per heavy atom. The minimum absolute atomic E-state index is 0.0378. The topological polar surface area (TPSA) is 107 Å². The number of nitriles is 1. The monoisotopic (exact) mass is 443 g/mol. The normalized spacial score (nSPS) is 16.7. The molecule has 1 N–H and O–H groups in total. The van der Waals surface area contributed by atoms with Gasteiger partial charge in [-0.25, -0.2) is 4.79 Å². The number of amides is 1. The molecule has 1 aliphatic heterocycles. The van der Waals surface area contributed by atoms with Gasteiger partial charge in [0.15, 0.2) is 0 Å². The van der Waals surface area contributed by atoms with Crippen LogP contribution in [0.4, 0.5) is 4.79 Å². The summed E-state index contributed by atoms with van der Waals surface area (Å²) < 4.78 is 10.5. The van der Waals surface area contributed by atoms with Crippen molar-refractivity contribution < 1.29 is 19.1 Å². The summed E-state index contributed by atoms with van der Waals surface area (Å²) in [6.07, 6.45) is 2.97. The van der Waals surface area contributed by atoms with E-state index in [9.17, 15) is 14.9 Å². The number of nitrogens with zero attached hydrogens (tertiary/aromatic N) is 4. The summed E-state index contributed by atoms with van der Waals surface area (Å²) in [7, 11) is 0. The Morgan fingerprint density at radius 3 is 2.66 bits per heavy atom. The molecule has 1 atom stereocenters. The van der Waals surface area contributed by atoms with Crippen LogP contribution in [0.3, 0.4) is 0 Å². The summed E-state index contributed by atoms with van der Waals surface area (Å²) in [6.45, 7) is 8.92. The Labute approximate surface area is 190 Å². The molecular weight excluding hydrogens is 410 g/mol. The largest absolute Gasteiger partial charge is 0.465 e. The first-order valence-corrected chi connectivity index (χ1v) is 10.9. The first kappa shape index (κ1) is 25.0. The first-order valence-electron chi connectivity index (χ1n) is 10.9. The molecule has 1 aromatic carbocycles. The standard InChI is InChI=1S/C23H33N5O4/c1-5-31-20(29)16-28(14-18-10-7-6-8-11-18)21(25-17-24)27-13-9-12-19(15-27)26-22(30)32-23(2,3)4/h6-8,10-11,19H,5,9,12-16H2,1-4H3,(H,26,30). The zero-order valence-electron chi connectivity index (χ0n) is 19.3. The minimum atomic E-state index is -0.585. The molecule has 2 rings (SSSR count). The molecule has 1 fully saturated rings. The fourth-order valence-corrected chi connectivity index (χ4v) is 3.50. The number of hydrogen-bond acceptors (Lipinski definition) is 6. The van der Waals surface area contributed by atoms with Gasteiger partial charge in [0.1, 0.15) is 12.1 Å². The number of hydrogen-bond donors (Lipinski definition) is 1. The van der Waals surface area contributed by atoms with E-state index < -0.39 is 17.7 Å². The van der Waals surface area contributed by atoms with E-state index in [2.05, 4.69) is 10.3 Å². The predicted octanol–water partition coefficient (Wildman–Crippen LogP) is 2.88. The summed E-state index contributed by atoms with van der Waals surface area (Å²) >= 11 is 0. The number of ether oxygens (including phenoxy) is 2. The number of aliphatic imine (C=N–C) groups is 1. The number of guanidine groups is 1. The van der Waals surface area contributed by atoms with Gasteiger partial charge in [0.05, 0.1) is 6.61 Å². The molecule has 1 aromatic rings. The van der Waals surface area contributed by atoms with Crippen molar-refractivity contribution in [1.82, 2.24) is 15.1 Å². The van der Waals surface area contributed by atoms with Crippen molar-refractivity contribution in [1.29, 1.82) is 5.26 Å². The summed E-state index contributed by atoms with van der Waals surface area (Å²) in [5.74, 6) is -0.00500. The minimum Gasteiger partial charge on any atom is -0.465 e. The molecule has 0 aliphatic carbocycles. The molecule has 32 heavy (non-hydrogen) atoms. The van der Waals surface area contributed by atoms with E-state index in [0.29, 0.717) is 25.6 Å². The van der Waals surface area contributed by atoms with Crippen LogP contribution in [-0.2, 0) is 20.8 Å². The average molecular weight is 444 g/mol. The number of piperidine rings is 1. The molecule has 1 saturated heterocycles. The van der Waals surface area contributed by atoms with Gasteiger partial charge in [-0.1, -0.05) is 30.3 Å². The molecule has 1 heterocycles. The van der Waals surface area contributed by atoms with Gasteiger partial charge in [0.2, 0.25) is 12.2 Å². The molecule has 1 aliphatic rings. The lowest BCUT2D eigenvalue weighted by Crippen LogP contribution is -2.54. The highest BCUT2D eigenvalue weighted by atomic mass is 16.6. The van der Waals surface area contributed by atoms with Crippen LogP contribution in [-0.4, -0.2) is 65.7 Å².